The number of thiophene rings is 1. The molecule has 1 aromatic heterocycles. The SMILES string of the molecule is Brc1cccs1.OB(O)O. The second-order valence-electron chi connectivity index (χ2n) is 1.26. The van der Waals surface area contributed by atoms with E-state index in [1.807, 2.05) is 17.5 Å². The molecule has 0 saturated heterocycles. The quantitative estimate of drug-likeness (QED) is 0.562. The molecule has 3 nitrogen and oxygen atoms in total. The Bertz CT molecular complexity index is 153. The Labute approximate surface area is 71.3 Å². The van der Waals surface area contributed by atoms with Crippen molar-refractivity contribution >= 4 is 34.6 Å². The highest BCUT2D eigenvalue weighted by molar-refractivity contribution is 9.11. The van der Waals surface area contributed by atoms with E-state index in [2.05, 4.69) is 15.9 Å². The van der Waals surface area contributed by atoms with Gasteiger partial charge in [0.2, 0.25) is 0 Å². The first-order chi connectivity index (χ1) is 4.63. The smallest absolute Gasteiger partial charge is 0.402 e. The maximum atomic E-state index is 7.17. The van der Waals surface area contributed by atoms with Crippen LogP contribution in [-0.4, -0.2) is 22.4 Å². The van der Waals surface area contributed by atoms with E-state index in [1.165, 1.54) is 3.79 Å². The molecule has 3 N–H and O–H groups in total. The molecule has 0 aliphatic heterocycles. The monoisotopic (exact) mass is 224 g/mol. The van der Waals surface area contributed by atoms with E-state index in [-0.39, 0.29) is 0 Å². The fourth-order valence-corrected chi connectivity index (χ4v) is 1.18. The number of hydrogen-bond acceptors (Lipinski definition) is 4. The third kappa shape index (κ3) is 8.12. The van der Waals surface area contributed by atoms with Crippen molar-refractivity contribution < 1.29 is 15.1 Å². The summed E-state index contributed by atoms with van der Waals surface area (Å²) in [6, 6.07) is 4.03. The van der Waals surface area contributed by atoms with Crippen molar-refractivity contribution in [2.75, 3.05) is 0 Å². The minimum Gasteiger partial charge on any atom is -0.402 e. The molecule has 0 aliphatic carbocycles. The fraction of sp³-hybridized carbons (Fsp3) is 0. The van der Waals surface area contributed by atoms with E-state index >= 15 is 0 Å². The van der Waals surface area contributed by atoms with E-state index < -0.39 is 7.32 Å². The molecule has 1 rings (SSSR count). The van der Waals surface area contributed by atoms with Gasteiger partial charge in [0.25, 0.3) is 0 Å². The van der Waals surface area contributed by atoms with Crippen molar-refractivity contribution in [1.82, 2.24) is 0 Å². The summed E-state index contributed by atoms with van der Waals surface area (Å²) in [5, 5.41) is 23.5. The lowest BCUT2D eigenvalue weighted by Gasteiger charge is -1.69. The molecule has 10 heavy (non-hydrogen) atoms. The second-order valence-corrected chi connectivity index (χ2v) is 3.59. The van der Waals surface area contributed by atoms with Crippen molar-refractivity contribution in [2.45, 2.75) is 0 Å². The average Bonchev–Trinajstić information content (AvgIpc) is 2.15. The zero-order valence-electron chi connectivity index (χ0n) is 4.94. The lowest BCUT2D eigenvalue weighted by Crippen LogP contribution is -2.07. The molecule has 56 valence electrons. The Morgan fingerprint density at radius 1 is 1.40 bits per heavy atom. The van der Waals surface area contributed by atoms with Crippen molar-refractivity contribution in [2.24, 2.45) is 0 Å². The molecule has 0 fully saturated rings. The summed E-state index contributed by atoms with van der Waals surface area (Å²) in [4.78, 5) is 0. The molecule has 0 aromatic carbocycles. The Morgan fingerprint density at radius 3 is 2.00 bits per heavy atom. The lowest BCUT2D eigenvalue weighted by molar-refractivity contribution is 0.278. The van der Waals surface area contributed by atoms with Gasteiger partial charge < -0.3 is 15.1 Å². The minimum atomic E-state index is -2.17. The van der Waals surface area contributed by atoms with Gasteiger partial charge in [0.1, 0.15) is 0 Å². The highest BCUT2D eigenvalue weighted by Crippen LogP contribution is 2.14. The number of rotatable bonds is 0. The van der Waals surface area contributed by atoms with Gasteiger partial charge in [0.05, 0.1) is 3.79 Å². The van der Waals surface area contributed by atoms with E-state index in [0.29, 0.717) is 0 Å². The normalized spacial score (nSPS) is 8.00. The highest BCUT2D eigenvalue weighted by atomic mass is 79.9. The molecule has 0 amide bonds. The largest absolute Gasteiger partial charge is 0.631 e. The zero-order valence-corrected chi connectivity index (χ0v) is 7.34. The first-order valence-electron chi connectivity index (χ1n) is 2.36. The number of hydrogen-bond donors (Lipinski definition) is 3. The van der Waals surface area contributed by atoms with Crippen LogP contribution in [0.5, 0.6) is 0 Å². The molecular weight excluding hydrogens is 219 g/mol. The molecular formula is C4H6BBrO3S. The Hall–Kier alpha value is 0.125. The molecule has 0 spiro atoms. The molecule has 0 bridgehead atoms. The van der Waals surface area contributed by atoms with Crippen LogP contribution in [0.4, 0.5) is 0 Å². The molecule has 6 heteroatoms. The minimum absolute atomic E-state index is 1.20. The van der Waals surface area contributed by atoms with Crippen LogP contribution in [-0.2, 0) is 0 Å². The topological polar surface area (TPSA) is 60.7 Å². The van der Waals surface area contributed by atoms with E-state index in [9.17, 15) is 0 Å². The summed E-state index contributed by atoms with van der Waals surface area (Å²) in [6.45, 7) is 0. The predicted octanol–water partition coefficient (Wildman–Crippen LogP) is 0.459. The summed E-state index contributed by atoms with van der Waals surface area (Å²) in [7, 11) is -2.17. The molecule has 0 aliphatic rings. The van der Waals surface area contributed by atoms with E-state index in [0.717, 1.165) is 0 Å². The summed E-state index contributed by atoms with van der Waals surface area (Å²) in [5.74, 6) is 0. The molecule has 0 saturated carbocycles. The molecule has 0 atom stereocenters. The first-order valence-corrected chi connectivity index (χ1v) is 4.03. The van der Waals surface area contributed by atoms with Gasteiger partial charge in [-0.2, -0.15) is 0 Å². The van der Waals surface area contributed by atoms with Gasteiger partial charge in [-0.15, -0.1) is 11.3 Å². The Morgan fingerprint density at radius 2 is 1.90 bits per heavy atom. The molecule has 0 radical (unpaired) electrons. The van der Waals surface area contributed by atoms with Crippen LogP contribution in [0.1, 0.15) is 0 Å². The summed E-state index contributed by atoms with van der Waals surface area (Å²) >= 11 is 4.99. The average molecular weight is 225 g/mol. The lowest BCUT2D eigenvalue weighted by atomic mass is 10.3. The maximum Gasteiger partial charge on any atom is 0.631 e. The Balaban J connectivity index is 0.000000180. The molecule has 1 heterocycles. The third-order valence-electron chi connectivity index (χ3n) is 0.486. The maximum absolute atomic E-state index is 7.17. The van der Waals surface area contributed by atoms with Gasteiger partial charge in [-0.3, -0.25) is 0 Å². The predicted molar refractivity (Wildman–Crippen MR) is 44.4 cm³/mol. The van der Waals surface area contributed by atoms with Crippen LogP contribution in [0.3, 0.4) is 0 Å². The fourth-order valence-electron chi connectivity index (χ4n) is 0.259. The van der Waals surface area contributed by atoms with Gasteiger partial charge in [0, 0.05) is 0 Å². The van der Waals surface area contributed by atoms with Gasteiger partial charge in [-0.25, -0.2) is 0 Å². The Kier molecular flexibility index (Phi) is 5.95. The van der Waals surface area contributed by atoms with Gasteiger partial charge in [-0.05, 0) is 27.4 Å². The standard InChI is InChI=1S/C4H3BrS.BH3O3/c5-4-2-1-3-6-4;2-1(3)4/h1-3H;2-4H. The third-order valence-corrected chi connectivity index (χ3v) is 1.97. The van der Waals surface area contributed by atoms with Crippen molar-refractivity contribution in [3.05, 3.63) is 21.3 Å². The van der Waals surface area contributed by atoms with Crippen LogP contribution < -0.4 is 0 Å². The highest BCUT2D eigenvalue weighted by Gasteiger charge is 1.92. The van der Waals surface area contributed by atoms with Gasteiger partial charge in [-0.1, -0.05) is 6.07 Å². The summed E-state index contributed by atoms with van der Waals surface area (Å²) in [5.41, 5.74) is 0. The zero-order chi connectivity index (χ0) is 7.98. The van der Waals surface area contributed by atoms with Crippen LogP contribution in [0, 0.1) is 0 Å². The van der Waals surface area contributed by atoms with Gasteiger partial charge in [0.15, 0.2) is 0 Å². The van der Waals surface area contributed by atoms with Crippen LogP contribution >= 0.6 is 27.3 Å². The van der Waals surface area contributed by atoms with E-state index in [4.69, 9.17) is 15.1 Å². The van der Waals surface area contributed by atoms with Crippen molar-refractivity contribution in [3.63, 3.8) is 0 Å². The summed E-state index contributed by atoms with van der Waals surface area (Å²) in [6.07, 6.45) is 0. The second kappa shape index (κ2) is 5.88. The van der Waals surface area contributed by atoms with Crippen LogP contribution in [0.15, 0.2) is 21.3 Å². The van der Waals surface area contributed by atoms with E-state index in [1.54, 1.807) is 11.3 Å². The number of halogens is 1. The molecule has 0 unspecified atom stereocenters. The van der Waals surface area contributed by atoms with Crippen molar-refractivity contribution in [3.8, 4) is 0 Å². The van der Waals surface area contributed by atoms with Crippen molar-refractivity contribution in [1.29, 1.82) is 0 Å². The summed E-state index contributed by atoms with van der Waals surface area (Å²) < 4.78 is 1.20. The van der Waals surface area contributed by atoms with Gasteiger partial charge >= 0.3 is 7.32 Å². The van der Waals surface area contributed by atoms with Crippen LogP contribution in [0.25, 0.3) is 0 Å². The van der Waals surface area contributed by atoms with Crippen LogP contribution in [0.2, 0.25) is 0 Å². The first kappa shape index (κ1) is 10.1. The molecule has 1 aromatic rings.